The molecule has 4 nitrogen and oxygen atoms in total. The highest BCUT2D eigenvalue weighted by Gasteiger charge is 2.32. The van der Waals surface area contributed by atoms with Crippen LogP contribution in [0.25, 0.3) is 23.5 Å². The SMILES string of the molecule is CCn1c(C(=O)C2CCN(C3CCC3)CC2)cnc1-c1cccc2c1=CC=CCC=2. The molecular formula is C26H31N3O. The number of carbonyl (C=O) groups is 1. The Bertz CT molecular complexity index is 1080. The molecule has 30 heavy (non-hydrogen) atoms. The molecule has 1 saturated carbocycles. The van der Waals surface area contributed by atoms with Gasteiger partial charge in [0.1, 0.15) is 11.5 Å². The van der Waals surface area contributed by atoms with E-state index in [0.717, 1.165) is 62.0 Å². The monoisotopic (exact) mass is 401 g/mol. The van der Waals surface area contributed by atoms with Crippen molar-refractivity contribution in [2.75, 3.05) is 13.1 Å². The predicted molar refractivity (Wildman–Crippen MR) is 122 cm³/mol. The quantitative estimate of drug-likeness (QED) is 0.720. The van der Waals surface area contributed by atoms with Crippen molar-refractivity contribution in [3.8, 4) is 11.4 Å². The molecule has 4 heteroatoms. The fraction of sp³-hybridized carbons (Fsp3) is 0.462. The van der Waals surface area contributed by atoms with E-state index in [1.807, 2.05) is 6.20 Å². The number of likely N-dealkylation sites (tertiary alicyclic amines) is 1. The van der Waals surface area contributed by atoms with Gasteiger partial charge in [0.15, 0.2) is 5.78 Å². The highest BCUT2D eigenvalue weighted by atomic mass is 16.1. The number of carbonyl (C=O) groups excluding carboxylic acids is 1. The van der Waals surface area contributed by atoms with Gasteiger partial charge in [-0.1, -0.05) is 48.9 Å². The summed E-state index contributed by atoms with van der Waals surface area (Å²) in [6.07, 6.45) is 17.5. The van der Waals surface area contributed by atoms with Gasteiger partial charge in [-0.15, -0.1) is 0 Å². The summed E-state index contributed by atoms with van der Waals surface area (Å²) in [6, 6.07) is 7.16. The molecule has 0 unspecified atom stereocenters. The maximum Gasteiger partial charge on any atom is 0.184 e. The van der Waals surface area contributed by atoms with Gasteiger partial charge in [0.05, 0.1) is 6.20 Å². The zero-order valence-electron chi connectivity index (χ0n) is 17.9. The summed E-state index contributed by atoms with van der Waals surface area (Å²) in [5.41, 5.74) is 1.89. The fourth-order valence-corrected chi connectivity index (χ4v) is 5.18. The van der Waals surface area contributed by atoms with Crippen LogP contribution in [0.15, 0.2) is 36.5 Å². The first-order valence-electron chi connectivity index (χ1n) is 11.6. The van der Waals surface area contributed by atoms with Crippen LogP contribution < -0.4 is 10.4 Å². The van der Waals surface area contributed by atoms with Crippen LogP contribution >= 0.6 is 0 Å². The Morgan fingerprint density at radius 3 is 2.73 bits per heavy atom. The molecule has 2 fully saturated rings. The van der Waals surface area contributed by atoms with Crippen LogP contribution in [-0.2, 0) is 6.54 Å². The Hall–Kier alpha value is -2.46. The topological polar surface area (TPSA) is 38.1 Å². The molecule has 5 rings (SSSR count). The number of hydrogen-bond acceptors (Lipinski definition) is 3. The van der Waals surface area contributed by atoms with Crippen molar-refractivity contribution < 1.29 is 4.79 Å². The van der Waals surface area contributed by atoms with Gasteiger partial charge in [-0.25, -0.2) is 4.98 Å². The second-order valence-electron chi connectivity index (χ2n) is 8.81. The average molecular weight is 402 g/mol. The number of rotatable bonds is 5. The van der Waals surface area contributed by atoms with Crippen LogP contribution in [0.5, 0.6) is 0 Å². The van der Waals surface area contributed by atoms with Gasteiger partial charge in [0.2, 0.25) is 0 Å². The van der Waals surface area contributed by atoms with E-state index < -0.39 is 0 Å². The van der Waals surface area contributed by atoms with Gasteiger partial charge < -0.3 is 9.47 Å². The Kier molecular flexibility index (Phi) is 5.43. The van der Waals surface area contributed by atoms with Crippen molar-refractivity contribution in [1.82, 2.24) is 14.5 Å². The Labute approximate surface area is 178 Å². The first-order valence-corrected chi connectivity index (χ1v) is 11.6. The molecule has 0 atom stereocenters. The maximum absolute atomic E-state index is 13.4. The number of fused-ring (bicyclic) bond motifs is 1. The summed E-state index contributed by atoms with van der Waals surface area (Å²) >= 11 is 0. The number of piperidine rings is 1. The van der Waals surface area contributed by atoms with E-state index in [-0.39, 0.29) is 11.7 Å². The molecule has 1 aromatic carbocycles. The molecule has 2 heterocycles. The standard InChI is InChI=1S/C26H31N3O/c1-2-29-24(25(30)20-14-16-28(17-15-20)21-10-7-11-21)18-27-26(29)23-13-6-9-19-8-4-3-5-12-22(19)23/h3,5-6,8-9,12-13,18,20-21H,2,4,7,10-11,14-17H2,1H3. The lowest BCUT2D eigenvalue weighted by molar-refractivity contribution is 0.0665. The van der Waals surface area contributed by atoms with Gasteiger partial charge in [-0.3, -0.25) is 4.79 Å². The van der Waals surface area contributed by atoms with E-state index in [4.69, 9.17) is 4.98 Å². The van der Waals surface area contributed by atoms with E-state index >= 15 is 0 Å². The Morgan fingerprint density at radius 1 is 1.17 bits per heavy atom. The molecule has 0 bridgehead atoms. The van der Waals surface area contributed by atoms with Gasteiger partial charge in [0.25, 0.3) is 0 Å². The van der Waals surface area contributed by atoms with Crippen molar-refractivity contribution >= 4 is 17.9 Å². The highest BCUT2D eigenvalue weighted by Crippen LogP contribution is 2.30. The summed E-state index contributed by atoms with van der Waals surface area (Å²) in [6.45, 7) is 4.99. The first kappa shape index (κ1) is 19.5. The van der Waals surface area contributed by atoms with Gasteiger partial charge in [0, 0.05) is 24.1 Å². The van der Waals surface area contributed by atoms with Crippen molar-refractivity contribution in [2.45, 2.75) is 58.0 Å². The minimum Gasteiger partial charge on any atom is -0.322 e. The summed E-state index contributed by atoms with van der Waals surface area (Å²) in [7, 11) is 0. The second-order valence-corrected chi connectivity index (χ2v) is 8.81. The van der Waals surface area contributed by atoms with Crippen LogP contribution in [0.1, 0.15) is 55.9 Å². The molecule has 0 spiro atoms. The molecular weight excluding hydrogens is 370 g/mol. The molecule has 0 N–H and O–H groups in total. The number of benzene rings is 1. The maximum atomic E-state index is 13.4. The molecule has 2 aromatic rings. The minimum atomic E-state index is 0.131. The molecule has 3 aliphatic rings. The van der Waals surface area contributed by atoms with Crippen molar-refractivity contribution in [3.05, 3.63) is 52.7 Å². The second kappa shape index (κ2) is 8.35. The van der Waals surface area contributed by atoms with Crippen LogP contribution in [0.2, 0.25) is 0 Å². The Balaban J connectivity index is 1.43. The summed E-state index contributed by atoms with van der Waals surface area (Å²) in [5, 5.41) is 2.43. The molecule has 0 amide bonds. The number of aromatic nitrogens is 2. The lowest BCUT2D eigenvalue weighted by atomic mass is 9.86. The third-order valence-electron chi connectivity index (χ3n) is 7.17. The van der Waals surface area contributed by atoms with E-state index in [1.165, 1.54) is 29.7 Å². The molecule has 1 aromatic heterocycles. The number of Topliss-reactive ketones (excluding diaryl/α,β-unsaturated/α-hetero) is 1. The minimum absolute atomic E-state index is 0.131. The first-order chi connectivity index (χ1) is 14.8. The predicted octanol–water partition coefficient (Wildman–Crippen LogP) is 3.54. The van der Waals surface area contributed by atoms with Crippen molar-refractivity contribution in [3.63, 3.8) is 0 Å². The number of imidazole rings is 1. The fourth-order valence-electron chi connectivity index (χ4n) is 5.18. The van der Waals surface area contributed by atoms with E-state index in [1.54, 1.807) is 0 Å². The van der Waals surface area contributed by atoms with Crippen LogP contribution in [0, 0.1) is 5.92 Å². The summed E-state index contributed by atoms with van der Waals surface area (Å²) < 4.78 is 2.12. The number of nitrogens with zero attached hydrogens (tertiary/aromatic N) is 3. The highest BCUT2D eigenvalue weighted by molar-refractivity contribution is 5.97. The van der Waals surface area contributed by atoms with Crippen molar-refractivity contribution in [2.24, 2.45) is 5.92 Å². The normalized spacial score (nSPS) is 20.0. The lowest BCUT2D eigenvalue weighted by Crippen LogP contribution is -2.45. The molecule has 156 valence electrons. The van der Waals surface area contributed by atoms with E-state index in [9.17, 15) is 4.79 Å². The van der Waals surface area contributed by atoms with Crippen LogP contribution in [0.4, 0.5) is 0 Å². The molecule has 0 radical (unpaired) electrons. The molecule has 1 saturated heterocycles. The third-order valence-corrected chi connectivity index (χ3v) is 7.17. The van der Waals surface area contributed by atoms with E-state index in [2.05, 4.69) is 58.9 Å². The number of ketones is 1. The summed E-state index contributed by atoms with van der Waals surface area (Å²) in [4.78, 5) is 20.8. The van der Waals surface area contributed by atoms with Crippen LogP contribution in [0.3, 0.4) is 0 Å². The van der Waals surface area contributed by atoms with E-state index in [0.29, 0.717) is 0 Å². The smallest absolute Gasteiger partial charge is 0.184 e. The zero-order chi connectivity index (χ0) is 20.5. The largest absolute Gasteiger partial charge is 0.322 e. The lowest BCUT2D eigenvalue weighted by Gasteiger charge is -2.41. The molecule has 2 aliphatic carbocycles. The van der Waals surface area contributed by atoms with Crippen LogP contribution in [-0.4, -0.2) is 39.4 Å². The number of allylic oxidation sites excluding steroid dienone is 2. The van der Waals surface area contributed by atoms with Gasteiger partial charge in [-0.05, 0) is 62.6 Å². The van der Waals surface area contributed by atoms with Crippen molar-refractivity contribution in [1.29, 1.82) is 0 Å². The molecule has 1 aliphatic heterocycles. The average Bonchev–Trinajstić information content (AvgIpc) is 3.01. The Morgan fingerprint density at radius 2 is 2.00 bits per heavy atom. The summed E-state index contributed by atoms with van der Waals surface area (Å²) in [5.74, 6) is 1.32. The van der Waals surface area contributed by atoms with Gasteiger partial charge >= 0.3 is 0 Å². The zero-order valence-corrected chi connectivity index (χ0v) is 17.9. The number of hydrogen-bond donors (Lipinski definition) is 0. The third kappa shape index (κ3) is 3.47. The van der Waals surface area contributed by atoms with Gasteiger partial charge in [-0.2, -0.15) is 0 Å².